The third-order valence-corrected chi connectivity index (χ3v) is 7.70. The maximum Gasteiger partial charge on any atom is 0.225 e. The Kier molecular flexibility index (Phi) is 17.0. The summed E-state index contributed by atoms with van der Waals surface area (Å²) in [5, 5.41) is 32.1. The van der Waals surface area contributed by atoms with Crippen molar-refractivity contribution in [2.45, 2.75) is 147 Å². The van der Waals surface area contributed by atoms with Crippen LogP contribution in [0.25, 0.3) is 0 Å². The Morgan fingerprint density at radius 3 is 1.84 bits per heavy atom. The minimum absolute atomic E-state index is 0.0986. The highest BCUT2D eigenvalue weighted by Crippen LogP contribution is 2.29. The molecule has 0 unspecified atom stereocenters. The summed E-state index contributed by atoms with van der Waals surface area (Å²) in [6.45, 7) is 1.86. The number of carbonyl (C=O) groups excluding carboxylic acids is 1. The molecule has 0 saturated carbocycles. The number of aliphatic hydroxyl groups is 3. The molecule has 0 radical (unpaired) electrons. The van der Waals surface area contributed by atoms with E-state index in [0.29, 0.717) is 12.2 Å². The normalized spacial score (nSPS) is 21.2. The molecule has 0 aromatic carbocycles. The van der Waals surface area contributed by atoms with E-state index in [1.54, 1.807) is 12.3 Å². The second-order valence-corrected chi connectivity index (χ2v) is 11.1. The van der Waals surface area contributed by atoms with Crippen molar-refractivity contribution in [1.29, 1.82) is 0 Å². The summed E-state index contributed by atoms with van der Waals surface area (Å²) in [7, 11) is 0. The molecule has 4 N–H and O–H groups in total. The third kappa shape index (κ3) is 12.2. The average Bonchev–Trinajstić information content (AvgIpc) is 3.19. The smallest absolute Gasteiger partial charge is 0.225 e. The van der Waals surface area contributed by atoms with Gasteiger partial charge in [0.1, 0.15) is 24.1 Å². The van der Waals surface area contributed by atoms with Crippen LogP contribution in [0.1, 0.15) is 129 Å². The van der Waals surface area contributed by atoms with Gasteiger partial charge in [0.25, 0.3) is 0 Å². The van der Waals surface area contributed by atoms with E-state index in [1.165, 1.54) is 94.5 Å². The van der Waals surface area contributed by atoms with Crippen LogP contribution in [-0.4, -0.2) is 55.7 Å². The lowest BCUT2D eigenvalue weighted by molar-refractivity contribution is -0.116. The van der Waals surface area contributed by atoms with Crippen LogP contribution in [-0.2, 0) is 9.53 Å². The Bertz CT molecular complexity index is 837. The summed E-state index contributed by atoms with van der Waals surface area (Å²) in [5.74, 6) is 0.244. The number of aromatic nitrogens is 2. The number of nitrogens with one attached hydrogen (secondary N) is 1. The zero-order valence-electron chi connectivity index (χ0n) is 23.4. The van der Waals surface area contributed by atoms with Gasteiger partial charge in [0, 0.05) is 12.6 Å². The molecular formula is C29H51N3O5S. The first-order valence-electron chi connectivity index (χ1n) is 15.0. The maximum absolute atomic E-state index is 12.3. The van der Waals surface area contributed by atoms with Crippen molar-refractivity contribution in [3.8, 4) is 0 Å². The molecule has 1 aromatic rings. The first-order valence-corrected chi connectivity index (χ1v) is 15.4. The summed E-state index contributed by atoms with van der Waals surface area (Å²) in [5.41, 5.74) is 0. The van der Waals surface area contributed by atoms with Crippen molar-refractivity contribution in [2.75, 3.05) is 11.9 Å². The minimum atomic E-state index is -1.24. The third-order valence-electron chi connectivity index (χ3n) is 7.40. The fourth-order valence-electron chi connectivity index (χ4n) is 5.00. The topological polar surface area (TPSA) is 117 Å². The lowest BCUT2D eigenvalue weighted by Crippen LogP contribution is -2.33. The number of aliphatic hydroxyl groups excluding tert-OH is 3. The van der Waals surface area contributed by atoms with Crippen molar-refractivity contribution < 1.29 is 24.9 Å². The number of amides is 1. The molecule has 0 aliphatic carbocycles. The molecule has 9 heteroatoms. The van der Waals surface area contributed by atoms with Crippen molar-refractivity contribution in [3.05, 3.63) is 17.0 Å². The lowest BCUT2D eigenvalue weighted by atomic mass is 10.0. The second kappa shape index (κ2) is 19.6. The molecule has 1 saturated heterocycles. The van der Waals surface area contributed by atoms with Gasteiger partial charge in [-0.15, -0.1) is 0 Å². The van der Waals surface area contributed by atoms with Crippen LogP contribution in [0, 0.1) is 4.77 Å². The standard InChI is InChI=1S/C29H51N3O5S/c1-2-3-4-5-6-7-8-9-10-11-12-13-14-15-16-17-18-19-25(34)30-24-20-21-32(29(38)31-24)28-27(36)26(35)23(22-33)37-28/h20-21,23,26-28,33,35-36H,2-19,22H2,1H3,(H,30,31,34,38)/t23-,26-,27+,28-/m1/s1. The van der Waals surface area contributed by atoms with E-state index in [0.717, 1.165) is 19.3 Å². The van der Waals surface area contributed by atoms with Gasteiger partial charge < -0.3 is 25.4 Å². The highest BCUT2D eigenvalue weighted by atomic mass is 32.1. The Labute approximate surface area is 234 Å². The van der Waals surface area contributed by atoms with Crippen LogP contribution >= 0.6 is 12.2 Å². The van der Waals surface area contributed by atoms with Gasteiger partial charge in [-0.1, -0.05) is 110 Å². The zero-order valence-corrected chi connectivity index (χ0v) is 24.2. The number of anilines is 1. The van der Waals surface area contributed by atoms with Crippen LogP contribution in [0.4, 0.5) is 5.82 Å². The predicted octanol–water partition coefficient (Wildman–Crippen LogP) is 6.20. The summed E-state index contributed by atoms with van der Waals surface area (Å²) >= 11 is 5.27. The van der Waals surface area contributed by atoms with Crippen molar-refractivity contribution in [2.24, 2.45) is 0 Å². The second-order valence-electron chi connectivity index (χ2n) is 10.7. The Balaban J connectivity index is 1.47. The summed E-state index contributed by atoms with van der Waals surface area (Å²) in [6.07, 6.45) is 19.9. The molecule has 1 aliphatic rings. The van der Waals surface area contributed by atoms with E-state index in [-0.39, 0.29) is 10.7 Å². The zero-order chi connectivity index (χ0) is 27.6. The average molecular weight is 554 g/mol. The summed E-state index contributed by atoms with van der Waals surface area (Å²) in [4.78, 5) is 16.5. The molecule has 1 aromatic heterocycles. The van der Waals surface area contributed by atoms with E-state index in [1.807, 2.05) is 0 Å². The van der Waals surface area contributed by atoms with E-state index in [9.17, 15) is 20.1 Å². The molecule has 4 atom stereocenters. The molecule has 1 fully saturated rings. The van der Waals surface area contributed by atoms with Crippen LogP contribution in [0.3, 0.4) is 0 Å². The van der Waals surface area contributed by atoms with Gasteiger partial charge in [0.05, 0.1) is 6.61 Å². The number of hydrogen-bond acceptors (Lipinski definition) is 7. The maximum atomic E-state index is 12.3. The number of ether oxygens (including phenoxy) is 1. The van der Waals surface area contributed by atoms with E-state index >= 15 is 0 Å². The largest absolute Gasteiger partial charge is 0.394 e. The predicted molar refractivity (Wildman–Crippen MR) is 153 cm³/mol. The molecule has 1 amide bonds. The van der Waals surface area contributed by atoms with E-state index in [2.05, 4.69) is 17.2 Å². The SMILES string of the molecule is CCCCCCCCCCCCCCCCCCCC(=O)Nc1ccn([C@@H]2O[C@H](CO)[C@@H](O)[C@@H]2O)c(=S)n1. The molecule has 1 aliphatic heterocycles. The summed E-state index contributed by atoms with van der Waals surface area (Å²) in [6, 6.07) is 1.58. The number of carbonyl (C=O) groups is 1. The lowest BCUT2D eigenvalue weighted by Gasteiger charge is -2.18. The van der Waals surface area contributed by atoms with Crippen LogP contribution in [0.5, 0.6) is 0 Å². The molecule has 2 heterocycles. The number of nitrogens with zero attached hydrogens (tertiary/aromatic N) is 2. The molecule has 0 bridgehead atoms. The number of rotatable bonds is 21. The summed E-state index contributed by atoms with van der Waals surface area (Å²) < 4.78 is 7.00. The number of unbranched alkanes of at least 4 members (excludes halogenated alkanes) is 16. The van der Waals surface area contributed by atoms with E-state index in [4.69, 9.17) is 17.0 Å². The Morgan fingerprint density at radius 1 is 0.895 bits per heavy atom. The van der Waals surface area contributed by atoms with Gasteiger partial charge in [-0.2, -0.15) is 0 Å². The van der Waals surface area contributed by atoms with Gasteiger partial charge in [0.15, 0.2) is 6.23 Å². The molecular weight excluding hydrogens is 502 g/mol. The fourth-order valence-corrected chi connectivity index (χ4v) is 5.26. The van der Waals surface area contributed by atoms with Crippen LogP contribution in [0.15, 0.2) is 12.3 Å². The molecule has 0 spiro atoms. The van der Waals surface area contributed by atoms with Crippen LogP contribution < -0.4 is 5.32 Å². The van der Waals surface area contributed by atoms with Crippen molar-refractivity contribution in [3.63, 3.8) is 0 Å². The quantitative estimate of drug-likeness (QED) is 0.106. The van der Waals surface area contributed by atoms with Gasteiger partial charge >= 0.3 is 0 Å². The highest BCUT2D eigenvalue weighted by molar-refractivity contribution is 7.71. The Morgan fingerprint density at radius 2 is 1.39 bits per heavy atom. The van der Waals surface area contributed by atoms with Crippen LogP contribution in [0.2, 0.25) is 0 Å². The van der Waals surface area contributed by atoms with Gasteiger partial charge in [-0.25, -0.2) is 4.98 Å². The fraction of sp³-hybridized carbons (Fsp3) is 0.828. The van der Waals surface area contributed by atoms with Crippen molar-refractivity contribution >= 4 is 23.9 Å². The van der Waals surface area contributed by atoms with Gasteiger partial charge in [0.2, 0.25) is 10.7 Å². The molecule has 218 valence electrons. The highest BCUT2D eigenvalue weighted by Gasteiger charge is 2.43. The van der Waals surface area contributed by atoms with Gasteiger partial charge in [-0.3, -0.25) is 9.36 Å². The Hall–Kier alpha value is -1.39. The molecule has 38 heavy (non-hydrogen) atoms. The molecule has 8 nitrogen and oxygen atoms in total. The monoisotopic (exact) mass is 553 g/mol. The minimum Gasteiger partial charge on any atom is -0.394 e. The van der Waals surface area contributed by atoms with E-state index < -0.39 is 31.1 Å². The van der Waals surface area contributed by atoms with Crippen molar-refractivity contribution in [1.82, 2.24) is 9.55 Å². The first-order chi connectivity index (χ1) is 18.5. The first kappa shape index (κ1) is 32.8. The number of hydrogen-bond donors (Lipinski definition) is 4. The molecule has 2 rings (SSSR count). The van der Waals surface area contributed by atoms with Gasteiger partial charge in [-0.05, 0) is 24.7 Å².